The number of nitrogen functional groups attached to an aromatic ring is 1. The molecule has 0 aliphatic carbocycles. The van der Waals surface area contributed by atoms with E-state index in [1.807, 2.05) is 4.72 Å². The quantitative estimate of drug-likeness (QED) is 0.856. The molecule has 0 radical (unpaired) electrons. The van der Waals surface area contributed by atoms with Gasteiger partial charge in [-0.25, -0.2) is 17.2 Å². The number of nitrogens with one attached hydrogen (secondary N) is 1. The van der Waals surface area contributed by atoms with Gasteiger partial charge in [0.1, 0.15) is 9.90 Å². The monoisotopic (exact) mass is 304 g/mol. The number of rotatable bonds is 3. The summed E-state index contributed by atoms with van der Waals surface area (Å²) in [5.74, 6) is -2.49. The molecule has 0 aliphatic heterocycles. The van der Waals surface area contributed by atoms with Crippen LogP contribution in [0.15, 0.2) is 28.5 Å². The van der Waals surface area contributed by atoms with Gasteiger partial charge in [-0.1, -0.05) is 0 Å². The Bertz CT molecular complexity index is 726. The molecule has 8 heteroatoms. The van der Waals surface area contributed by atoms with Gasteiger partial charge in [0.25, 0.3) is 10.0 Å². The van der Waals surface area contributed by atoms with Crippen LogP contribution >= 0.6 is 11.3 Å². The standard InChI is InChI=1S/C11H10F2N2O2S2/c1-6-2-5-9(18-6)19(16,17)15-11-8(14)4-3-7(12)10(11)13/h2-5,15H,14H2,1H3. The molecule has 0 saturated carbocycles. The summed E-state index contributed by atoms with van der Waals surface area (Å²) in [6.45, 7) is 1.74. The Morgan fingerprint density at radius 1 is 1.21 bits per heavy atom. The van der Waals surface area contributed by atoms with Crippen molar-refractivity contribution in [3.8, 4) is 0 Å². The fraction of sp³-hybridized carbons (Fsp3) is 0.0909. The highest BCUT2D eigenvalue weighted by atomic mass is 32.2. The van der Waals surface area contributed by atoms with Gasteiger partial charge in [-0.3, -0.25) is 4.72 Å². The highest BCUT2D eigenvalue weighted by Crippen LogP contribution is 2.29. The van der Waals surface area contributed by atoms with E-state index in [0.717, 1.165) is 28.3 Å². The maximum Gasteiger partial charge on any atom is 0.271 e. The Labute approximate surface area is 112 Å². The number of anilines is 2. The van der Waals surface area contributed by atoms with Crippen LogP contribution in [0.5, 0.6) is 0 Å². The van der Waals surface area contributed by atoms with Crippen molar-refractivity contribution in [1.82, 2.24) is 0 Å². The van der Waals surface area contributed by atoms with Crippen molar-refractivity contribution < 1.29 is 17.2 Å². The Hall–Kier alpha value is -1.67. The lowest BCUT2D eigenvalue weighted by molar-refractivity contribution is 0.512. The molecule has 0 amide bonds. The zero-order chi connectivity index (χ0) is 14.2. The average molecular weight is 304 g/mol. The normalized spacial score (nSPS) is 11.5. The first kappa shape index (κ1) is 13.8. The third-order valence-corrected chi connectivity index (χ3v) is 5.19. The van der Waals surface area contributed by atoms with Crippen LogP contribution < -0.4 is 10.5 Å². The van der Waals surface area contributed by atoms with Crippen molar-refractivity contribution >= 4 is 32.7 Å². The summed E-state index contributed by atoms with van der Waals surface area (Å²) in [5.41, 5.74) is 4.69. The highest BCUT2D eigenvalue weighted by molar-refractivity contribution is 7.94. The maximum atomic E-state index is 13.5. The fourth-order valence-electron chi connectivity index (χ4n) is 1.41. The van der Waals surface area contributed by atoms with Gasteiger partial charge in [0.2, 0.25) is 0 Å². The molecule has 0 atom stereocenters. The molecule has 2 rings (SSSR count). The van der Waals surface area contributed by atoms with E-state index in [-0.39, 0.29) is 9.90 Å². The smallest absolute Gasteiger partial charge is 0.271 e. The first-order valence-electron chi connectivity index (χ1n) is 5.14. The van der Waals surface area contributed by atoms with E-state index in [1.54, 1.807) is 13.0 Å². The van der Waals surface area contributed by atoms with Crippen LogP contribution in [0.3, 0.4) is 0 Å². The summed E-state index contributed by atoms with van der Waals surface area (Å²) in [4.78, 5) is 0.785. The van der Waals surface area contributed by atoms with Crippen molar-refractivity contribution in [2.45, 2.75) is 11.1 Å². The number of hydrogen-bond acceptors (Lipinski definition) is 4. The molecule has 0 saturated heterocycles. The highest BCUT2D eigenvalue weighted by Gasteiger charge is 2.21. The van der Waals surface area contributed by atoms with Crippen molar-refractivity contribution in [3.05, 3.63) is 40.8 Å². The van der Waals surface area contributed by atoms with E-state index in [1.165, 1.54) is 6.07 Å². The van der Waals surface area contributed by atoms with E-state index in [9.17, 15) is 17.2 Å². The van der Waals surface area contributed by atoms with Gasteiger partial charge >= 0.3 is 0 Å². The number of halogens is 2. The van der Waals surface area contributed by atoms with Gasteiger partial charge in [-0.15, -0.1) is 11.3 Å². The molecule has 0 aliphatic rings. The van der Waals surface area contributed by atoms with Crippen LogP contribution in [-0.2, 0) is 10.0 Å². The first-order chi connectivity index (χ1) is 8.81. The van der Waals surface area contributed by atoms with Crippen LogP contribution in [-0.4, -0.2) is 8.42 Å². The second-order valence-electron chi connectivity index (χ2n) is 3.80. The van der Waals surface area contributed by atoms with Crippen LogP contribution in [0.1, 0.15) is 4.88 Å². The molecule has 1 heterocycles. The molecular formula is C11H10F2N2O2S2. The fourth-order valence-corrected chi connectivity index (χ4v) is 3.78. The summed E-state index contributed by atoms with van der Waals surface area (Å²) in [6, 6.07) is 4.92. The predicted octanol–water partition coefficient (Wildman–Crippen LogP) is 2.72. The van der Waals surface area contributed by atoms with E-state index < -0.39 is 27.3 Å². The number of hydrogen-bond donors (Lipinski definition) is 2. The van der Waals surface area contributed by atoms with Crippen LogP contribution in [0.2, 0.25) is 0 Å². The van der Waals surface area contributed by atoms with Gasteiger partial charge in [0.05, 0.1) is 5.69 Å². The summed E-state index contributed by atoms with van der Waals surface area (Å²) >= 11 is 1.02. The Morgan fingerprint density at radius 3 is 2.47 bits per heavy atom. The molecule has 3 N–H and O–H groups in total. The minimum atomic E-state index is -3.97. The van der Waals surface area contributed by atoms with E-state index >= 15 is 0 Å². The second-order valence-corrected chi connectivity index (χ2v) is 6.99. The number of thiophene rings is 1. The third kappa shape index (κ3) is 2.69. The topological polar surface area (TPSA) is 72.2 Å². The maximum absolute atomic E-state index is 13.5. The van der Waals surface area contributed by atoms with Crippen molar-refractivity contribution in [2.75, 3.05) is 10.5 Å². The van der Waals surface area contributed by atoms with Gasteiger partial charge in [-0.05, 0) is 31.2 Å². The van der Waals surface area contributed by atoms with Gasteiger partial charge in [-0.2, -0.15) is 0 Å². The van der Waals surface area contributed by atoms with E-state index in [4.69, 9.17) is 5.73 Å². The van der Waals surface area contributed by atoms with Crippen LogP contribution in [0.25, 0.3) is 0 Å². The van der Waals surface area contributed by atoms with Crippen LogP contribution in [0.4, 0.5) is 20.2 Å². The van der Waals surface area contributed by atoms with Gasteiger partial charge < -0.3 is 5.73 Å². The summed E-state index contributed by atoms with van der Waals surface area (Å²) in [6.07, 6.45) is 0. The predicted molar refractivity (Wildman–Crippen MR) is 70.6 cm³/mol. The van der Waals surface area contributed by atoms with E-state index in [2.05, 4.69) is 0 Å². The molecule has 4 nitrogen and oxygen atoms in total. The Balaban J connectivity index is 2.44. The molecule has 2 aromatic rings. The minimum Gasteiger partial charge on any atom is -0.397 e. The third-order valence-electron chi connectivity index (χ3n) is 2.34. The summed E-state index contributed by atoms with van der Waals surface area (Å²) < 4.78 is 52.6. The lowest BCUT2D eigenvalue weighted by atomic mass is 10.2. The lowest BCUT2D eigenvalue weighted by Crippen LogP contribution is -2.14. The molecule has 102 valence electrons. The van der Waals surface area contributed by atoms with Crippen LogP contribution in [0, 0.1) is 18.6 Å². The molecule has 19 heavy (non-hydrogen) atoms. The second kappa shape index (κ2) is 4.78. The van der Waals surface area contributed by atoms with Crippen molar-refractivity contribution in [2.24, 2.45) is 0 Å². The SMILES string of the molecule is Cc1ccc(S(=O)(=O)Nc2c(N)ccc(F)c2F)s1. The van der Waals surface area contributed by atoms with E-state index in [0.29, 0.717) is 0 Å². The Morgan fingerprint density at radius 2 is 1.89 bits per heavy atom. The molecule has 0 bridgehead atoms. The molecular weight excluding hydrogens is 294 g/mol. The molecule has 0 unspecified atom stereocenters. The number of sulfonamides is 1. The lowest BCUT2D eigenvalue weighted by Gasteiger charge is -2.10. The number of nitrogens with two attached hydrogens (primary N) is 1. The van der Waals surface area contributed by atoms with Crippen molar-refractivity contribution in [1.29, 1.82) is 0 Å². The first-order valence-corrected chi connectivity index (χ1v) is 7.44. The van der Waals surface area contributed by atoms with Gasteiger partial charge in [0, 0.05) is 4.88 Å². The summed E-state index contributed by atoms with van der Waals surface area (Å²) in [7, 11) is -3.97. The average Bonchev–Trinajstić information content (AvgIpc) is 2.77. The molecule has 1 aromatic heterocycles. The zero-order valence-corrected chi connectivity index (χ0v) is 11.4. The minimum absolute atomic E-state index is 0.00746. The molecule has 1 aromatic carbocycles. The zero-order valence-electron chi connectivity index (χ0n) is 9.78. The largest absolute Gasteiger partial charge is 0.397 e. The number of aryl methyl sites for hydroxylation is 1. The van der Waals surface area contributed by atoms with Crippen molar-refractivity contribution in [3.63, 3.8) is 0 Å². The Kier molecular flexibility index (Phi) is 3.46. The van der Waals surface area contributed by atoms with Gasteiger partial charge in [0.15, 0.2) is 11.6 Å². The summed E-state index contributed by atoms with van der Waals surface area (Å²) in [5, 5.41) is 0. The molecule has 0 spiro atoms. The molecule has 0 fully saturated rings. The number of benzene rings is 1.